The van der Waals surface area contributed by atoms with Crippen LogP contribution in [0.1, 0.15) is 36.0 Å². The summed E-state index contributed by atoms with van der Waals surface area (Å²) < 4.78 is 6.20. The Morgan fingerprint density at radius 1 is 1.04 bits per heavy atom. The monoisotopic (exact) mass is 379 g/mol. The molecule has 0 unspecified atom stereocenters. The Balaban J connectivity index is 1.36. The van der Waals surface area contributed by atoms with Gasteiger partial charge in [0, 0.05) is 42.6 Å². The summed E-state index contributed by atoms with van der Waals surface area (Å²) >= 11 is 0. The zero-order chi connectivity index (χ0) is 19.5. The fraction of sp³-hybridized carbons (Fsp3) is 0.316. The summed E-state index contributed by atoms with van der Waals surface area (Å²) in [5.74, 6) is 0.624. The maximum Gasteiger partial charge on any atom is 0.251 e. The highest BCUT2D eigenvalue weighted by Gasteiger charge is 2.24. The molecule has 4 rings (SSSR count). The summed E-state index contributed by atoms with van der Waals surface area (Å²) in [5, 5.41) is 3.30. The van der Waals surface area contributed by atoms with Gasteiger partial charge in [0.25, 0.3) is 5.91 Å². The van der Waals surface area contributed by atoms with Gasteiger partial charge in [0.05, 0.1) is 17.2 Å². The molecule has 1 amide bonds. The largest absolute Gasteiger partial charge is 0.488 e. The number of rotatable bonds is 5. The Morgan fingerprint density at radius 3 is 2.46 bits per heavy atom. The number of nitrogens with two attached hydrogens (primary N) is 2. The molecular formula is C19H21N7O2. The van der Waals surface area contributed by atoms with E-state index in [0.717, 1.165) is 36.7 Å². The van der Waals surface area contributed by atoms with Crippen molar-refractivity contribution in [2.45, 2.75) is 37.8 Å². The standard InChI is InChI=1S/C19H21N7O2/c20-12-7-15-17(23-6-5-22-15)16(8-12)28-14-3-1-13(2-4-14)26-19-24-9-11(10-25-19)18(21)27/h5-10,13-14H,1-4,20H2,(H2,21,27)(H,24,25,26). The minimum Gasteiger partial charge on any atom is -0.488 e. The topological polar surface area (TPSA) is 142 Å². The summed E-state index contributed by atoms with van der Waals surface area (Å²) in [6.07, 6.45) is 9.83. The fourth-order valence-corrected chi connectivity index (χ4v) is 3.37. The average Bonchev–Trinajstić information content (AvgIpc) is 2.70. The molecule has 0 bridgehead atoms. The van der Waals surface area contributed by atoms with Crippen molar-refractivity contribution in [1.29, 1.82) is 0 Å². The first-order valence-electron chi connectivity index (χ1n) is 9.14. The Hall–Kier alpha value is -3.49. The summed E-state index contributed by atoms with van der Waals surface area (Å²) in [7, 11) is 0. The molecule has 1 aliphatic rings. The summed E-state index contributed by atoms with van der Waals surface area (Å²) in [4.78, 5) is 28.0. The van der Waals surface area contributed by atoms with Crippen LogP contribution in [0.3, 0.4) is 0 Å². The van der Waals surface area contributed by atoms with Crippen molar-refractivity contribution in [2.24, 2.45) is 5.73 Å². The number of nitrogens with zero attached hydrogens (tertiary/aromatic N) is 4. The molecule has 9 nitrogen and oxygen atoms in total. The number of hydrogen-bond donors (Lipinski definition) is 3. The van der Waals surface area contributed by atoms with Crippen LogP contribution in [0.25, 0.3) is 11.0 Å². The normalized spacial score (nSPS) is 19.3. The van der Waals surface area contributed by atoms with E-state index in [4.69, 9.17) is 16.2 Å². The van der Waals surface area contributed by atoms with E-state index in [1.54, 1.807) is 24.5 Å². The van der Waals surface area contributed by atoms with Gasteiger partial charge in [-0.15, -0.1) is 0 Å². The lowest BCUT2D eigenvalue weighted by Crippen LogP contribution is -2.32. The van der Waals surface area contributed by atoms with Crippen LogP contribution < -0.4 is 21.5 Å². The Kier molecular flexibility index (Phi) is 4.88. The van der Waals surface area contributed by atoms with Crippen molar-refractivity contribution in [1.82, 2.24) is 19.9 Å². The summed E-state index contributed by atoms with van der Waals surface area (Å²) in [6, 6.07) is 3.84. The van der Waals surface area contributed by atoms with Crippen LogP contribution in [0.2, 0.25) is 0 Å². The van der Waals surface area contributed by atoms with Gasteiger partial charge in [-0.1, -0.05) is 0 Å². The van der Waals surface area contributed by atoms with E-state index in [1.807, 2.05) is 0 Å². The number of aromatic nitrogens is 4. The molecule has 9 heteroatoms. The first-order valence-corrected chi connectivity index (χ1v) is 9.14. The number of benzene rings is 1. The van der Waals surface area contributed by atoms with Crippen LogP contribution in [-0.4, -0.2) is 38.0 Å². The zero-order valence-electron chi connectivity index (χ0n) is 15.2. The van der Waals surface area contributed by atoms with E-state index in [9.17, 15) is 4.79 Å². The number of anilines is 2. The first kappa shape index (κ1) is 17.9. The second kappa shape index (κ2) is 7.63. The van der Waals surface area contributed by atoms with Gasteiger partial charge in [0.15, 0.2) is 0 Å². The average molecular weight is 379 g/mol. The lowest BCUT2D eigenvalue weighted by Gasteiger charge is -2.29. The van der Waals surface area contributed by atoms with Crippen LogP contribution in [0.15, 0.2) is 36.9 Å². The highest BCUT2D eigenvalue weighted by molar-refractivity contribution is 5.92. The van der Waals surface area contributed by atoms with Crippen molar-refractivity contribution in [3.05, 3.63) is 42.5 Å². The van der Waals surface area contributed by atoms with Crippen LogP contribution in [-0.2, 0) is 0 Å². The predicted molar refractivity (Wildman–Crippen MR) is 105 cm³/mol. The van der Waals surface area contributed by atoms with Crippen molar-refractivity contribution in [3.63, 3.8) is 0 Å². The lowest BCUT2D eigenvalue weighted by atomic mass is 9.93. The number of carbonyl (C=O) groups excluding carboxylic acids is 1. The summed E-state index contributed by atoms with van der Waals surface area (Å²) in [6.45, 7) is 0. The fourth-order valence-electron chi connectivity index (χ4n) is 3.37. The van der Waals surface area contributed by atoms with Gasteiger partial charge < -0.3 is 21.5 Å². The number of fused-ring (bicyclic) bond motifs is 1. The molecule has 5 N–H and O–H groups in total. The number of primary amides is 1. The highest BCUT2D eigenvalue weighted by atomic mass is 16.5. The smallest absolute Gasteiger partial charge is 0.251 e. The van der Waals surface area contributed by atoms with Crippen molar-refractivity contribution >= 4 is 28.6 Å². The molecule has 3 aromatic rings. The molecule has 1 aliphatic carbocycles. The van der Waals surface area contributed by atoms with Crippen molar-refractivity contribution in [2.75, 3.05) is 11.1 Å². The predicted octanol–water partition coefficient (Wildman–Crippen LogP) is 1.90. The third kappa shape index (κ3) is 3.93. The lowest BCUT2D eigenvalue weighted by molar-refractivity contribution is 0.0999. The second-order valence-electron chi connectivity index (χ2n) is 6.84. The number of amides is 1. The van der Waals surface area contributed by atoms with Gasteiger partial charge in [-0.25, -0.2) is 15.0 Å². The maximum absolute atomic E-state index is 11.1. The molecule has 28 heavy (non-hydrogen) atoms. The number of nitrogen functional groups attached to an aromatic ring is 1. The number of hydrogen-bond acceptors (Lipinski definition) is 8. The molecule has 2 aromatic heterocycles. The third-order valence-electron chi connectivity index (χ3n) is 4.80. The Labute approximate surface area is 161 Å². The molecule has 0 radical (unpaired) electrons. The van der Waals surface area contributed by atoms with E-state index >= 15 is 0 Å². The van der Waals surface area contributed by atoms with Gasteiger partial charge in [-0.2, -0.15) is 0 Å². The van der Waals surface area contributed by atoms with E-state index in [2.05, 4.69) is 25.3 Å². The minimum atomic E-state index is -0.539. The third-order valence-corrected chi connectivity index (χ3v) is 4.80. The number of ether oxygens (including phenoxy) is 1. The number of nitrogens with one attached hydrogen (secondary N) is 1. The molecule has 0 spiro atoms. The Morgan fingerprint density at radius 2 is 1.75 bits per heavy atom. The minimum absolute atomic E-state index is 0.0863. The second-order valence-corrected chi connectivity index (χ2v) is 6.84. The Bertz CT molecular complexity index is 985. The molecule has 0 saturated heterocycles. The van der Waals surface area contributed by atoms with Gasteiger partial charge in [0.2, 0.25) is 5.95 Å². The molecule has 2 heterocycles. The SMILES string of the molecule is NC(=O)c1cnc(NC2CCC(Oc3cc(N)cc4nccnc34)CC2)nc1. The van der Waals surface area contributed by atoms with Crippen LogP contribution in [0.5, 0.6) is 5.75 Å². The maximum atomic E-state index is 11.1. The molecule has 0 atom stereocenters. The van der Waals surface area contributed by atoms with Crippen molar-refractivity contribution < 1.29 is 9.53 Å². The van der Waals surface area contributed by atoms with Gasteiger partial charge in [-0.05, 0) is 31.7 Å². The molecule has 1 aromatic carbocycles. The van der Waals surface area contributed by atoms with Crippen LogP contribution >= 0.6 is 0 Å². The summed E-state index contributed by atoms with van der Waals surface area (Å²) in [5.41, 5.74) is 13.5. The molecule has 1 fully saturated rings. The van der Waals surface area contributed by atoms with E-state index in [1.165, 1.54) is 12.4 Å². The molecule has 1 saturated carbocycles. The van der Waals surface area contributed by atoms with Crippen molar-refractivity contribution in [3.8, 4) is 5.75 Å². The van der Waals surface area contributed by atoms with Crippen LogP contribution in [0.4, 0.5) is 11.6 Å². The van der Waals surface area contributed by atoms with Crippen LogP contribution in [0, 0.1) is 0 Å². The van der Waals surface area contributed by atoms with Gasteiger partial charge in [0.1, 0.15) is 11.3 Å². The van der Waals surface area contributed by atoms with E-state index < -0.39 is 5.91 Å². The number of carbonyl (C=O) groups is 1. The molecule has 0 aliphatic heterocycles. The zero-order valence-corrected chi connectivity index (χ0v) is 15.2. The van der Waals surface area contributed by atoms with E-state index in [-0.39, 0.29) is 12.1 Å². The molecule has 144 valence electrons. The molecular weight excluding hydrogens is 358 g/mol. The van der Waals surface area contributed by atoms with E-state index in [0.29, 0.717) is 22.9 Å². The van der Waals surface area contributed by atoms with Gasteiger partial charge >= 0.3 is 0 Å². The highest BCUT2D eigenvalue weighted by Crippen LogP contribution is 2.30. The van der Waals surface area contributed by atoms with Gasteiger partial charge in [-0.3, -0.25) is 9.78 Å². The quantitative estimate of drug-likeness (QED) is 0.571. The first-order chi connectivity index (χ1) is 13.6.